The summed E-state index contributed by atoms with van der Waals surface area (Å²) in [4.78, 5) is 0. The van der Waals surface area contributed by atoms with Gasteiger partial charge in [0.1, 0.15) is 0 Å². The Bertz CT molecular complexity index is 400. The SMILES string of the molecule is CC1(c2ccc3c(c2)OCO3)SCCCS1. The van der Waals surface area contributed by atoms with E-state index in [1.54, 1.807) is 0 Å². The third-order valence-electron chi connectivity index (χ3n) is 2.94. The van der Waals surface area contributed by atoms with E-state index in [9.17, 15) is 0 Å². The Kier molecular flexibility index (Phi) is 2.72. The van der Waals surface area contributed by atoms with Gasteiger partial charge in [-0.05, 0) is 42.5 Å². The van der Waals surface area contributed by atoms with Gasteiger partial charge in [0.2, 0.25) is 6.79 Å². The van der Waals surface area contributed by atoms with Crippen molar-refractivity contribution < 1.29 is 9.47 Å². The lowest BCUT2D eigenvalue weighted by Gasteiger charge is -2.32. The van der Waals surface area contributed by atoms with Gasteiger partial charge in [-0.25, -0.2) is 0 Å². The summed E-state index contributed by atoms with van der Waals surface area (Å²) in [6.45, 7) is 2.66. The van der Waals surface area contributed by atoms with Crippen LogP contribution < -0.4 is 9.47 Å². The Labute approximate surface area is 104 Å². The number of ether oxygens (including phenoxy) is 2. The fraction of sp³-hybridized carbons (Fsp3) is 0.500. The zero-order valence-electron chi connectivity index (χ0n) is 9.19. The molecule has 0 atom stereocenters. The maximum absolute atomic E-state index is 5.43. The van der Waals surface area contributed by atoms with Crippen LogP contribution in [0.1, 0.15) is 18.9 Å². The minimum atomic E-state index is 0.180. The second-order valence-corrected chi connectivity index (χ2v) is 7.35. The summed E-state index contributed by atoms with van der Waals surface area (Å²) in [6, 6.07) is 6.32. The van der Waals surface area contributed by atoms with Crippen molar-refractivity contribution in [1.82, 2.24) is 0 Å². The van der Waals surface area contributed by atoms with E-state index in [1.807, 2.05) is 29.6 Å². The molecule has 2 aliphatic rings. The lowest BCUT2D eigenvalue weighted by molar-refractivity contribution is 0.174. The average molecular weight is 254 g/mol. The molecule has 0 unspecified atom stereocenters. The van der Waals surface area contributed by atoms with Gasteiger partial charge in [0.05, 0.1) is 4.08 Å². The van der Waals surface area contributed by atoms with Crippen molar-refractivity contribution in [2.24, 2.45) is 0 Å². The van der Waals surface area contributed by atoms with Crippen molar-refractivity contribution in [2.45, 2.75) is 17.4 Å². The fourth-order valence-corrected chi connectivity index (χ4v) is 4.94. The van der Waals surface area contributed by atoms with Gasteiger partial charge in [-0.3, -0.25) is 0 Å². The monoisotopic (exact) mass is 254 g/mol. The zero-order valence-corrected chi connectivity index (χ0v) is 10.8. The van der Waals surface area contributed by atoms with E-state index in [0.717, 1.165) is 11.5 Å². The topological polar surface area (TPSA) is 18.5 Å². The van der Waals surface area contributed by atoms with Crippen LogP contribution in [-0.2, 0) is 4.08 Å². The Balaban J connectivity index is 1.93. The van der Waals surface area contributed by atoms with Gasteiger partial charge in [-0.1, -0.05) is 6.07 Å². The molecule has 0 amide bonds. The highest BCUT2D eigenvalue weighted by atomic mass is 32.2. The molecule has 1 fully saturated rings. The quantitative estimate of drug-likeness (QED) is 0.763. The standard InChI is InChI=1S/C12H14O2S2/c1-12(15-5-2-6-16-12)9-3-4-10-11(7-9)14-8-13-10/h3-4,7H,2,5-6,8H2,1H3. The fourth-order valence-electron chi connectivity index (χ4n) is 1.98. The number of thioether (sulfide) groups is 2. The lowest BCUT2D eigenvalue weighted by atomic mass is 10.1. The summed E-state index contributed by atoms with van der Waals surface area (Å²) in [5.74, 6) is 4.26. The molecule has 2 aliphatic heterocycles. The van der Waals surface area contributed by atoms with E-state index < -0.39 is 0 Å². The Morgan fingerprint density at radius 1 is 1.12 bits per heavy atom. The number of rotatable bonds is 1. The molecule has 2 heterocycles. The summed E-state index contributed by atoms with van der Waals surface area (Å²) in [5, 5.41) is 0. The largest absolute Gasteiger partial charge is 0.454 e. The number of hydrogen-bond donors (Lipinski definition) is 0. The molecule has 16 heavy (non-hydrogen) atoms. The Hall–Kier alpha value is -0.480. The molecule has 0 N–H and O–H groups in total. The predicted octanol–water partition coefficient (Wildman–Crippen LogP) is 3.46. The third kappa shape index (κ3) is 1.78. The highest BCUT2D eigenvalue weighted by Crippen LogP contribution is 2.51. The van der Waals surface area contributed by atoms with Crippen molar-refractivity contribution >= 4 is 23.5 Å². The molecular formula is C12H14O2S2. The van der Waals surface area contributed by atoms with Gasteiger partial charge >= 0.3 is 0 Å². The first kappa shape index (κ1) is 10.7. The van der Waals surface area contributed by atoms with Crippen LogP contribution in [0.2, 0.25) is 0 Å². The molecular weight excluding hydrogens is 240 g/mol. The van der Waals surface area contributed by atoms with Crippen molar-refractivity contribution in [1.29, 1.82) is 0 Å². The summed E-state index contributed by atoms with van der Waals surface area (Å²) in [5.41, 5.74) is 1.34. The molecule has 1 saturated heterocycles. The van der Waals surface area contributed by atoms with Gasteiger partial charge in [-0.2, -0.15) is 0 Å². The van der Waals surface area contributed by atoms with Crippen LogP contribution in [0.5, 0.6) is 11.5 Å². The molecule has 3 rings (SSSR count). The predicted molar refractivity (Wildman–Crippen MR) is 69.5 cm³/mol. The molecule has 0 aromatic heterocycles. The van der Waals surface area contributed by atoms with Gasteiger partial charge < -0.3 is 9.47 Å². The molecule has 0 radical (unpaired) electrons. The first-order chi connectivity index (χ1) is 7.78. The first-order valence-electron chi connectivity index (χ1n) is 5.46. The van der Waals surface area contributed by atoms with Crippen LogP contribution in [-0.4, -0.2) is 18.3 Å². The molecule has 1 aromatic carbocycles. The normalized spacial score (nSPS) is 22.1. The summed E-state index contributed by atoms with van der Waals surface area (Å²) in [6.07, 6.45) is 1.31. The van der Waals surface area contributed by atoms with E-state index in [1.165, 1.54) is 23.5 Å². The Morgan fingerprint density at radius 3 is 2.69 bits per heavy atom. The summed E-state index contributed by atoms with van der Waals surface area (Å²) < 4.78 is 11.0. The second-order valence-electron chi connectivity index (χ2n) is 4.06. The molecule has 4 heteroatoms. The van der Waals surface area contributed by atoms with Crippen LogP contribution in [0.4, 0.5) is 0 Å². The molecule has 0 aliphatic carbocycles. The molecule has 0 spiro atoms. The van der Waals surface area contributed by atoms with E-state index in [-0.39, 0.29) is 4.08 Å². The van der Waals surface area contributed by atoms with Crippen LogP contribution in [0.15, 0.2) is 18.2 Å². The van der Waals surface area contributed by atoms with Crippen molar-refractivity contribution in [2.75, 3.05) is 18.3 Å². The van der Waals surface area contributed by atoms with E-state index in [2.05, 4.69) is 19.1 Å². The molecule has 0 bridgehead atoms. The molecule has 86 valence electrons. The Morgan fingerprint density at radius 2 is 1.88 bits per heavy atom. The van der Waals surface area contributed by atoms with Gasteiger partial charge in [-0.15, -0.1) is 23.5 Å². The van der Waals surface area contributed by atoms with Crippen LogP contribution in [0.25, 0.3) is 0 Å². The van der Waals surface area contributed by atoms with Gasteiger partial charge in [0.25, 0.3) is 0 Å². The first-order valence-corrected chi connectivity index (χ1v) is 7.43. The highest BCUT2D eigenvalue weighted by Gasteiger charge is 2.31. The molecule has 1 aromatic rings. The van der Waals surface area contributed by atoms with E-state index in [4.69, 9.17) is 9.47 Å². The maximum atomic E-state index is 5.43. The minimum Gasteiger partial charge on any atom is -0.454 e. The second kappa shape index (κ2) is 4.08. The number of benzene rings is 1. The number of fused-ring (bicyclic) bond motifs is 1. The van der Waals surface area contributed by atoms with Crippen molar-refractivity contribution in [3.63, 3.8) is 0 Å². The van der Waals surface area contributed by atoms with Crippen molar-refractivity contribution in [3.8, 4) is 11.5 Å². The van der Waals surface area contributed by atoms with Crippen LogP contribution >= 0.6 is 23.5 Å². The van der Waals surface area contributed by atoms with E-state index in [0.29, 0.717) is 6.79 Å². The minimum absolute atomic E-state index is 0.180. The smallest absolute Gasteiger partial charge is 0.231 e. The van der Waals surface area contributed by atoms with Gasteiger partial charge in [0.15, 0.2) is 11.5 Å². The number of hydrogen-bond acceptors (Lipinski definition) is 4. The maximum Gasteiger partial charge on any atom is 0.231 e. The summed E-state index contributed by atoms with van der Waals surface area (Å²) >= 11 is 4.06. The third-order valence-corrected chi connectivity index (χ3v) is 6.21. The highest BCUT2D eigenvalue weighted by molar-refractivity contribution is 8.18. The average Bonchev–Trinajstić information content (AvgIpc) is 2.77. The lowest BCUT2D eigenvalue weighted by Crippen LogP contribution is -2.18. The van der Waals surface area contributed by atoms with Crippen LogP contribution in [0.3, 0.4) is 0 Å². The molecule has 0 saturated carbocycles. The van der Waals surface area contributed by atoms with Crippen LogP contribution in [0, 0.1) is 0 Å². The van der Waals surface area contributed by atoms with Gasteiger partial charge in [0, 0.05) is 0 Å². The van der Waals surface area contributed by atoms with E-state index >= 15 is 0 Å². The zero-order chi connectivity index (χ0) is 11.0. The van der Waals surface area contributed by atoms with Crippen molar-refractivity contribution in [3.05, 3.63) is 23.8 Å². The summed E-state index contributed by atoms with van der Waals surface area (Å²) in [7, 11) is 0. The molecule has 2 nitrogen and oxygen atoms in total.